The molecule has 1 aromatic heterocycles. The zero-order valence-electron chi connectivity index (χ0n) is 12.0. The number of likely N-dealkylation sites (tertiary alicyclic amines) is 1. The highest BCUT2D eigenvalue weighted by molar-refractivity contribution is 5.85. The van der Waals surface area contributed by atoms with Crippen LogP contribution in [0.25, 0.3) is 0 Å². The third-order valence-corrected chi connectivity index (χ3v) is 3.56. The Hall–Kier alpha value is -1.91. The van der Waals surface area contributed by atoms with Gasteiger partial charge in [0.25, 0.3) is 0 Å². The third kappa shape index (κ3) is 3.15. The molecule has 0 radical (unpaired) electrons. The molecule has 2 heterocycles. The predicted molar refractivity (Wildman–Crippen MR) is 73.8 cm³/mol. The third-order valence-electron chi connectivity index (χ3n) is 3.56. The summed E-state index contributed by atoms with van der Waals surface area (Å²) in [5.41, 5.74) is 1.85. The molecule has 5 heteroatoms. The van der Waals surface area contributed by atoms with Gasteiger partial charge < -0.3 is 9.64 Å². The summed E-state index contributed by atoms with van der Waals surface area (Å²) in [4.78, 5) is 30.0. The molecule has 1 aliphatic rings. The van der Waals surface area contributed by atoms with Gasteiger partial charge in [-0.3, -0.25) is 9.78 Å². The van der Waals surface area contributed by atoms with Gasteiger partial charge in [0, 0.05) is 12.6 Å². The molecule has 0 aromatic carbocycles. The summed E-state index contributed by atoms with van der Waals surface area (Å²) in [6.45, 7) is 4.43. The van der Waals surface area contributed by atoms with Gasteiger partial charge in [-0.05, 0) is 38.3 Å². The highest BCUT2D eigenvalue weighted by Gasteiger charge is 2.34. The van der Waals surface area contributed by atoms with Crippen LogP contribution >= 0.6 is 0 Å². The molecule has 0 bridgehead atoms. The van der Waals surface area contributed by atoms with Crippen LogP contribution in [-0.4, -0.2) is 34.4 Å². The lowest BCUT2D eigenvalue weighted by atomic mass is 10.0. The first-order valence-electron chi connectivity index (χ1n) is 7.00. The number of piperidine rings is 1. The molecule has 1 aliphatic heterocycles. The molecule has 1 saturated heterocycles. The Morgan fingerprint density at radius 3 is 3.05 bits per heavy atom. The van der Waals surface area contributed by atoms with Crippen LogP contribution in [0, 0.1) is 6.92 Å². The van der Waals surface area contributed by atoms with E-state index in [1.54, 1.807) is 18.0 Å². The van der Waals surface area contributed by atoms with E-state index in [0.717, 1.165) is 17.7 Å². The van der Waals surface area contributed by atoms with Crippen molar-refractivity contribution in [3.8, 4) is 0 Å². The van der Waals surface area contributed by atoms with Crippen molar-refractivity contribution in [3.05, 3.63) is 29.6 Å². The van der Waals surface area contributed by atoms with Crippen molar-refractivity contribution in [2.75, 3.05) is 6.61 Å². The Balaban J connectivity index is 2.18. The Morgan fingerprint density at radius 2 is 2.35 bits per heavy atom. The fourth-order valence-corrected chi connectivity index (χ4v) is 2.45. The van der Waals surface area contributed by atoms with Crippen LogP contribution in [0.3, 0.4) is 0 Å². The second kappa shape index (κ2) is 6.50. The molecule has 1 aromatic rings. The van der Waals surface area contributed by atoms with Crippen LogP contribution in [0.4, 0.5) is 0 Å². The van der Waals surface area contributed by atoms with E-state index in [-0.39, 0.29) is 11.9 Å². The molecular formula is C15H20N2O3. The molecule has 0 N–H and O–H groups in total. The summed E-state index contributed by atoms with van der Waals surface area (Å²) >= 11 is 0. The zero-order chi connectivity index (χ0) is 14.5. The first-order valence-corrected chi connectivity index (χ1v) is 7.00. The summed E-state index contributed by atoms with van der Waals surface area (Å²) in [7, 11) is 0. The minimum Gasteiger partial charge on any atom is -0.464 e. The largest absolute Gasteiger partial charge is 0.464 e. The Labute approximate surface area is 118 Å². The first-order chi connectivity index (χ1) is 9.63. The van der Waals surface area contributed by atoms with Crippen molar-refractivity contribution in [2.45, 2.75) is 45.7 Å². The molecule has 1 fully saturated rings. The Bertz CT molecular complexity index is 502. The maximum Gasteiger partial charge on any atom is 0.328 e. The van der Waals surface area contributed by atoms with E-state index in [1.807, 2.05) is 19.1 Å². The maximum absolute atomic E-state index is 12.1. The van der Waals surface area contributed by atoms with Gasteiger partial charge in [-0.15, -0.1) is 0 Å². The number of hydrogen-bond acceptors (Lipinski definition) is 4. The molecular weight excluding hydrogens is 256 g/mol. The van der Waals surface area contributed by atoms with E-state index in [2.05, 4.69) is 4.98 Å². The molecule has 0 aliphatic carbocycles. The molecule has 5 nitrogen and oxygen atoms in total. The minimum absolute atomic E-state index is 0.000596. The normalized spacial score (nSPS) is 19.0. The summed E-state index contributed by atoms with van der Waals surface area (Å²) in [6, 6.07) is 3.34. The number of nitrogens with zero attached hydrogens (tertiary/aromatic N) is 2. The van der Waals surface area contributed by atoms with Crippen LogP contribution in [0.5, 0.6) is 0 Å². The quantitative estimate of drug-likeness (QED) is 0.787. The standard InChI is InChI=1S/C15H20N2O3/c1-3-20-15(19)13-7-4-8-14(18)17(13)10-12-11(2)6-5-9-16-12/h5-6,9,13H,3-4,7-8,10H2,1-2H3/t13-/m1/s1. The van der Waals surface area contributed by atoms with E-state index in [0.29, 0.717) is 26.0 Å². The fraction of sp³-hybridized carbons (Fsp3) is 0.533. The van der Waals surface area contributed by atoms with Crippen molar-refractivity contribution in [1.82, 2.24) is 9.88 Å². The van der Waals surface area contributed by atoms with Gasteiger partial charge in [-0.1, -0.05) is 6.07 Å². The summed E-state index contributed by atoms with van der Waals surface area (Å²) in [5, 5.41) is 0. The van der Waals surface area contributed by atoms with Gasteiger partial charge >= 0.3 is 5.97 Å². The van der Waals surface area contributed by atoms with Gasteiger partial charge in [-0.25, -0.2) is 4.79 Å². The van der Waals surface area contributed by atoms with Gasteiger partial charge in [0.1, 0.15) is 6.04 Å². The van der Waals surface area contributed by atoms with Crippen molar-refractivity contribution in [1.29, 1.82) is 0 Å². The number of pyridine rings is 1. The summed E-state index contributed by atoms with van der Waals surface area (Å²) in [5.74, 6) is -0.312. The van der Waals surface area contributed by atoms with Crippen molar-refractivity contribution in [3.63, 3.8) is 0 Å². The lowest BCUT2D eigenvalue weighted by Crippen LogP contribution is -2.48. The average Bonchev–Trinajstić information content (AvgIpc) is 2.43. The van der Waals surface area contributed by atoms with Gasteiger partial charge in [0.2, 0.25) is 5.91 Å². The molecule has 108 valence electrons. The van der Waals surface area contributed by atoms with Crippen molar-refractivity contribution in [2.24, 2.45) is 0 Å². The molecule has 0 spiro atoms. The smallest absolute Gasteiger partial charge is 0.328 e. The molecule has 1 amide bonds. The molecule has 1 atom stereocenters. The van der Waals surface area contributed by atoms with Crippen LogP contribution < -0.4 is 0 Å². The van der Waals surface area contributed by atoms with Gasteiger partial charge in [0.15, 0.2) is 0 Å². The number of carbonyl (C=O) groups is 2. The van der Waals surface area contributed by atoms with Crippen molar-refractivity contribution < 1.29 is 14.3 Å². The lowest BCUT2D eigenvalue weighted by Gasteiger charge is -2.34. The van der Waals surface area contributed by atoms with E-state index in [1.165, 1.54) is 0 Å². The minimum atomic E-state index is -0.474. The second-order valence-corrected chi connectivity index (χ2v) is 4.95. The Morgan fingerprint density at radius 1 is 1.55 bits per heavy atom. The number of amides is 1. The number of hydrogen-bond donors (Lipinski definition) is 0. The van der Waals surface area contributed by atoms with E-state index in [9.17, 15) is 9.59 Å². The highest BCUT2D eigenvalue weighted by Crippen LogP contribution is 2.22. The fourth-order valence-electron chi connectivity index (χ4n) is 2.45. The Kier molecular flexibility index (Phi) is 4.71. The van der Waals surface area contributed by atoms with Crippen molar-refractivity contribution >= 4 is 11.9 Å². The SMILES string of the molecule is CCOC(=O)[C@H]1CCCC(=O)N1Cc1ncccc1C. The predicted octanol–water partition coefficient (Wildman–Crippen LogP) is 1.83. The van der Waals surface area contributed by atoms with E-state index < -0.39 is 6.04 Å². The molecule has 0 unspecified atom stereocenters. The first kappa shape index (κ1) is 14.5. The monoisotopic (exact) mass is 276 g/mol. The van der Waals surface area contributed by atoms with E-state index >= 15 is 0 Å². The lowest BCUT2D eigenvalue weighted by molar-refractivity contribution is -0.158. The second-order valence-electron chi connectivity index (χ2n) is 4.95. The number of aromatic nitrogens is 1. The van der Waals surface area contributed by atoms with Crippen LogP contribution in [0.15, 0.2) is 18.3 Å². The van der Waals surface area contributed by atoms with E-state index in [4.69, 9.17) is 4.74 Å². The van der Waals surface area contributed by atoms with Crippen LogP contribution in [-0.2, 0) is 20.9 Å². The number of ether oxygens (including phenoxy) is 1. The van der Waals surface area contributed by atoms with Gasteiger partial charge in [-0.2, -0.15) is 0 Å². The maximum atomic E-state index is 12.1. The average molecular weight is 276 g/mol. The number of rotatable bonds is 4. The topological polar surface area (TPSA) is 59.5 Å². The number of esters is 1. The van der Waals surface area contributed by atoms with Crippen LogP contribution in [0.1, 0.15) is 37.4 Å². The molecule has 0 saturated carbocycles. The molecule has 20 heavy (non-hydrogen) atoms. The van der Waals surface area contributed by atoms with Gasteiger partial charge in [0.05, 0.1) is 18.8 Å². The zero-order valence-corrected chi connectivity index (χ0v) is 12.0. The summed E-state index contributed by atoms with van der Waals surface area (Å²) < 4.78 is 5.07. The number of carbonyl (C=O) groups excluding carboxylic acids is 2. The molecule has 2 rings (SSSR count). The summed E-state index contributed by atoms with van der Waals surface area (Å²) in [6.07, 6.45) is 3.59. The highest BCUT2D eigenvalue weighted by atomic mass is 16.5. The van der Waals surface area contributed by atoms with Crippen LogP contribution in [0.2, 0.25) is 0 Å². The number of aryl methyl sites for hydroxylation is 1.